The highest BCUT2D eigenvalue weighted by atomic mass is 35.5. The lowest BCUT2D eigenvalue weighted by Gasteiger charge is -2.07. The van der Waals surface area contributed by atoms with Crippen LogP contribution in [0, 0.1) is 6.92 Å². The first-order valence-corrected chi connectivity index (χ1v) is 6.32. The van der Waals surface area contributed by atoms with Crippen LogP contribution in [-0.2, 0) is 6.54 Å². The highest BCUT2D eigenvalue weighted by Gasteiger charge is 2.07. The van der Waals surface area contributed by atoms with E-state index in [4.69, 9.17) is 17.3 Å². The van der Waals surface area contributed by atoms with Crippen LogP contribution in [0.4, 0.5) is 5.69 Å². The minimum atomic E-state index is -0.145. The highest BCUT2D eigenvalue weighted by molar-refractivity contribution is 6.31. The summed E-state index contributed by atoms with van der Waals surface area (Å²) in [6, 6.07) is 12.7. The van der Waals surface area contributed by atoms with Crippen molar-refractivity contribution in [3.63, 3.8) is 0 Å². The van der Waals surface area contributed by atoms with Crippen LogP contribution in [0.1, 0.15) is 21.5 Å². The second-order valence-corrected chi connectivity index (χ2v) is 4.88. The van der Waals surface area contributed by atoms with Gasteiger partial charge in [-0.15, -0.1) is 0 Å². The van der Waals surface area contributed by atoms with Gasteiger partial charge in [0.2, 0.25) is 0 Å². The van der Waals surface area contributed by atoms with Crippen LogP contribution >= 0.6 is 11.6 Å². The molecule has 0 aliphatic heterocycles. The highest BCUT2D eigenvalue weighted by Crippen LogP contribution is 2.14. The van der Waals surface area contributed by atoms with E-state index in [1.165, 1.54) is 0 Å². The van der Waals surface area contributed by atoms with Gasteiger partial charge in [-0.25, -0.2) is 0 Å². The molecular formula is C15H15ClN2O. The lowest BCUT2D eigenvalue weighted by molar-refractivity contribution is 0.0951. The summed E-state index contributed by atoms with van der Waals surface area (Å²) in [6.45, 7) is 2.34. The number of hydrogen-bond acceptors (Lipinski definition) is 2. The molecule has 0 fully saturated rings. The Bertz CT molecular complexity index is 591. The predicted molar refractivity (Wildman–Crippen MR) is 78.2 cm³/mol. The molecule has 0 aliphatic rings. The number of amides is 1. The molecule has 0 radical (unpaired) electrons. The molecule has 3 nitrogen and oxygen atoms in total. The summed E-state index contributed by atoms with van der Waals surface area (Å²) >= 11 is 5.94. The van der Waals surface area contributed by atoms with E-state index in [2.05, 4.69) is 5.32 Å². The van der Waals surface area contributed by atoms with Crippen LogP contribution in [0.2, 0.25) is 5.02 Å². The van der Waals surface area contributed by atoms with Gasteiger partial charge < -0.3 is 11.1 Å². The van der Waals surface area contributed by atoms with Gasteiger partial charge in [0, 0.05) is 22.8 Å². The molecular weight excluding hydrogens is 260 g/mol. The molecule has 19 heavy (non-hydrogen) atoms. The number of carbonyl (C=O) groups excluding carboxylic acids is 1. The van der Waals surface area contributed by atoms with Gasteiger partial charge in [0.1, 0.15) is 0 Å². The summed E-state index contributed by atoms with van der Waals surface area (Å²) in [6.07, 6.45) is 0. The molecule has 98 valence electrons. The summed E-state index contributed by atoms with van der Waals surface area (Å²) in [5.41, 5.74) is 8.86. The zero-order valence-electron chi connectivity index (χ0n) is 10.6. The molecule has 2 aromatic carbocycles. The maximum atomic E-state index is 12.0. The van der Waals surface area contributed by atoms with Gasteiger partial charge in [0.15, 0.2) is 0 Å². The zero-order chi connectivity index (χ0) is 13.8. The maximum absolute atomic E-state index is 12.0. The third-order valence-electron chi connectivity index (χ3n) is 2.71. The second kappa shape index (κ2) is 5.76. The van der Waals surface area contributed by atoms with Gasteiger partial charge in [0.25, 0.3) is 5.91 Å². The number of benzene rings is 2. The van der Waals surface area contributed by atoms with Crippen LogP contribution in [0.25, 0.3) is 0 Å². The first-order valence-electron chi connectivity index (χ1n) is 5.94. The van der Waals surface area contributed by atoms with Crippen molar-refractivity contribution in [1.82, 2.24) is 5.32 Å². The third kappa shape index (κ3) is 3.73. The van der Waals surface area contributed by atoms with Crippen molar-refractivity contribution in [3.05, 3.63) is 64.2 Å². The van der Waals surface area contributed by atoms with E-state index in [0.717, 1.165) is 11.1 Å². The first-order chi connectivity index (χ1) is 9.04. The standard InChI is InChI=1S/C15H15ClN2O/c1-10-5-12(8-13(16)6-10)15(19)18-9-11-3-2-4-14(17)7-11/h2-8H,9,17H2,1H3,(H,18,19). The van der Waals surface area contributed by atoms with E-state index < -0.39 is 0 Å². The number of rotatable bonds is 3. The molecule has 0 bridgehead atoms. The predicted octanol–water partition coefficient (Wildman–Crippen LogP) is 3.16. The molecule has 0 heterocycles. The smallest absolute Gasteiger partial charge is 0.251 e. The minimum Gasteiger partial charge on any atom is -0.399 e. The van der Waals surface area contributed by atoms with Gasteiger partial charge >= 0.3 is 0 Å². The van der Waals surface area contributed by atoms with Crippen molar-refractivity contribution in [3.8, 4) is 0 Å². The summed E-state index contributed by atoms with van der Waals surface area (Å²) < 4.78 is 0. The number of halogens is 1. The van der Waals surface area contributed by atoms with Crippen molar-refractivity contribution < 1.29 is 4.79 Å². The SMILES string of the molecule is Cc1cc(Cl)cc(C(=O)NCc2cccc(N)c2)c1. The van der Waals surface area contributed by atoms with Crippen LogP contribution in [-0.4, -0.2) is 5.91 Å². The van der Waals surface area contributed by atoms with E-state index in [1.54, 1.807) is 12.1 Å². The van der Waals surface area contributed by atoms with E-state index in [0.29, 0.717) is 22.8 Å². The van der Waals surface area contributed by atoms with Gasteiger partial charge in [-0.3, -0.25) is 4.79 Å². The van der Waals surface area contributed by atoms with Crippen molar-refractivity contribution >= 4 is 23.2 Å². The maximum Gasteiger partial charge on any atom is 0.251 e. The average Bonchev–Trinajstić information content (AvgIpc) is 2.35. The van der Waals surface area contributed by atoms with Gasteiger partial charge in [-0.05, 0) is 48.4 Å². The number of aryl methyl sites for hydroxylation is 1. The van der Waals surface area contributed by atoms with Gasteiger partial charge in [0.05, 0.1) is 0 Å². The zero-order valence-corrected chi connectivity index (χ0v) is 11.4. The van der Waals surface area contributed by atoms with Crippen molar-refractivity contribution in [1.29, 1.82) is 0 Å². The summed E-state index contributed by atoms with van der Waals surface area (Å²) in [5.74, 6) is -0.145. The number of hydrogen-bond donors (Lipinski definition) is 2. The van der Waals surface area contributed by atoms with Gasteiger partial charge in [-0.2, -0.15) is 0 Å². The molecule has 2 aromatic rings. The number of nitrogens with two attached hydrogens (primary N) is 1. The molecule has 0 unspecified atom stereocenters. The fraction of sp³-hybridized carbons (Fsp3) is 0.133. The number of carbonyl (C=O) groups is 1. The number of nitrogen functional groups attached to an aromatic ring is 1. The Morgan fingerprint density at radius 2 is 2.05 bits per heavy atom. The van der Waals surface area contributed by atoms with Crippen LogP contribution in [0.5, 0.6) is 0 Å². The normalized spacial score (nSPS) is 10.2. The largest absolute Gasteiger partial charge is 0.399 e. The second-order valence-electron chi connectivity index (χ2n) is 4.44. The Kier molecular flexibility index (Phi) is 4.07. The Hall–Kier alpha value is -2.00. The van der Waals surface area contributed by atoms with E-state index in [1.807, 2.05) is 37.3 Å². The molecule has 2 rings (SSSR count). The van der Waals surface area contributed by atoms with Crippen LogP contribution in [0.15, 0.2) is 42.5 Å². The molecule has 0 atom stereocenters. The monoisotopic (exact) mass is 274 g/mol. The van der Waals surface area contributed by atoms with Crippen molar-refractivity contribution in [2.24, 2.45) is 0 Å². The Morgan fingerprint density at radius 1 is 1.26 bits per heavy atom. The summed E-state index contributed by atoms with van der Waals surface area (Å²) in [5, 5.41) is 3.41. The lowest BCUT2D eigenvalue weighted by atomic mass is 10.1. The molecule has 1 amide bonds. The summed E-state index contributed by atoms with van der Waals surface area (Å²) in [7, 11) is 0. The van der Waals surface area contributed by atoms with Crippen LogP contribution in [0.3, 0.4) is 0 Å². The number of anilines is 1. The van der Waals surface area contributed by atoms with E-state index >= 15 is 0 Å². The molecule has 0 spiro atoms. The topological polar surface area (TPSA) is 55.1 Å². The minimum absolute atomic E-state index is 0.145. The molecule has 0 aromatic heterocycles. The van der Waals surface area contributed by atoms with Crippen molar-refractivity contribution in [2.45, 2.75) is 13.5 Å². The molecule has 3 N–H and O–H groups in total. The lowest BCUT2D eigenvalue weighted by Crippen LogP contribution is -2.22. The van der Waals surface area contributed by atoms with Crippen LogP contribution < -0.4 is 11.1 Å². The molecule has 0 aliphatic carbocycles. The van der Waals surface area contributed by atoms with E-state index in [-0.39, 0.29) is 5.91 Å². The molecule has 0 saturated carbocycles. The first kappa shape index (κ1) is 13.4. The summed E-state index contributed by atoms with van der Waals surface area (Å²) in [4.78, 5) is 12.0. The third-order valence-corrected chi connectivity index (χ3v) is 2.93. The van der Waals surface area contributed by atoms with Crippen molar-refractivity contribution in [2.75, 3.05) is 5.73 Å². The Labute approximate surface area is 117 Å². The fourth-order valence-corrected chi connectivity index (χ4v) is 2.14. The van der Waals surface area contributed by atoms with Gasteiger partial charge in [-0.1, -0.05) is 23.7 Å². The molecule has 4 heteroatoms. The molecule has 0 saturated heterocycles. The number of nitrogens with one attached hydrogen (secondary N) is 1. The quantitative estimate of drug-likeness (QED) is 0.845. The van der Waals surface area contributed by atoms with E-state index in [9.17, 15) is 4.79 Å². The fourth-order valence-electron chi connectivity index (χ4n) is 1.85. The Morgan fingerprint density at radius 3 is 2.74 bits per heavy atom. The Balaban J connectivity index is 2.05. The average molecular weight is 275 g/mol.